The molecule has 158 valence electrons. The van der Waals surface area contributed by atoms with Gasteiger partial charge < -0.3 is 15.2 Å². The molecule has 1 aliphatic carbocycles. The number of carbonyl (C=O) groups is 1. The number of hydrogen-bond donors (Lipinski definition) is 2. The number of carbonyl (C=O) groups excluding carboxylic acids is 1. The van der Waals surface area contributed by atoms with Crippen molar-refractivity contribution in [3.05, 3.63) is 89.2 Å². The first-order valence-corrected chi connectivity index (χ1v) is 10.4. The van der Waals surface area contributed by atoms with Gasteiger partial charge in [0, 0.05) is 18.9 Å². The van der Waals surface area contributed by atoms with Crippen LogP contribution in [0.5, 0.6) is 5.75 Å². The van der Waals surface area contributed by atoms with Crippen molar-refractivity contribution >= 4 is 5.78 Å². The molecule has 2 aromatic carbocycles. The number of nitrogens with one attached hydrogen (secondary N) is 1. The van der Waals surface area contributed by atoms with Crippen molar-refractivity contribution in [2.75, 3.05) is 13.7 Å². The van der Waals surface area contributed by atoms with Crippen LogP contribution in [0.3, 0.4) is 0 Å². The van der Waals surface area contributed by atoms with E-state index in [0.29, 0.717) is 5.57 Å². The van der Waals surface area contributed by atoms with Gasteiger partial charge in [0.2, 0.25) is 0 Å². The van der Waals surface area contributed by atoms with Gasteiger partial charge in [-0.2, -0.15) is 5.10 Å². The minimum absolute atomic E-state index is 0.0520. The Bertz CT molecular complexity index is 1120. The number of ketones is 1. The molecular weight excluding hydrogens is 392 g/mol. The lowest BCUT2D eigenvalue weighted by Gasteiger charge is -2.36. The van der Waals surface area contributed by atoms with Gasteiger partial charge in [-0.05, 0) is 35.2 Å². The standard InChI is InChI=1S/C24H24N4O3/c1-31-17-8-6-16(7-9-17)19-12-20(29)21(24(30)23(19)28-14-25-13-27-28)22-18-5-3-2-4-15(18)10-11-26-22/h2-9,13-14,19,22-23,26,30H,10-12H2,1H3/t19-,22+,23-/m1/s1. The zero-order valence-electron chi connectivity index (χ0n) is 17.2. The van der Waals surface area contributed by atoms with Crippen molar-refractivity contribution in [2.24, 2.45) is 0 Å². The Morgan fingerprint density at radius 3 is 2.71 bits per heavy atom. The third kappa shape index (κ3) is 3.41. The highest BCUT2D eigenvalue weighted by Crippen LogP contribution is 2.45. The van der Waals surface area contributed by atoms with Crippen molar-refractivity contribution in [3.8, 4) is 5.75 Å². The molecule has 0 unspecified atom stereocenters. The number of benzene rings is 2. The predicted octanol–water partition coefficient (Wildman–Crippen LogP) is 3.28. The first-order valence-electron chi connectivity index (χ1n) is 10.4. The van der Waals surface area contributed by atoms with Gasteiger partial charge in [0.05, 0.1) is 18.7 Å². The largest absolute Gasteiger partial charge is 0.510 e. The molecule has 3 aromatic rings. The fraction of sp³-hybridized carbons (Fsp3) is 0.292. The van der Waals surface area contributed by atoms with Gasteiger partial charge in [0.1, 0.15) is 30.2 Å². The predicted molar refractivity (Wildman–Crippen MR) is 115 cm³/mol. The summed E-state index contributed by atoms with van der Waals surface area (Å²) in [5.74, 6) is 0.481. The zero-order valence-corrected chi connectivity index (χ0v) is 17.2. The topological polar surface area (TPSA) is 89.3 Å². The molecule has 1 aromatic heterocycles. The second kappa shape index (κ2) is 8.00. The summed E-state index contributed by atoms with van der Waals surface area (Å²) >= 11 is 0. The van der Waals surface area contributed by atoms with E-state index in [0.717, 1.165) is 29.8 Å². The lowest BCUT2D eigenvalue weighted by atomic mass is 9.75. The van der Waals surface area contributed by atoms with Crippen LogP contribution in [0.2, 0.25) is 0 Å². The van der Waals surface area contributed by atoms with Crippen molar-refractivity contribution in [1.82, 2.24) is 20.1 Å². The minimum Gasteiger partial charge on any atom is -0.510 e. The highest BCUT2D eigenvalue weighted by Gasteiger charge is 2.42. The summed E-state index contributed by atoms with van der Waals surface area (Å²) in [6.07, 6.45) is 4.21. The minimum atomic E-state index is -0.514. The van der Waals surface area contributed by atoms with Gasteiger partial charge >= 0.3 is 0 Å². The molecule has 0 saturated heterocycles. The molecule has 3 atom stereocenters. The quantitative estimate of drug-likeness (QED) is 0.679. The first kappa shape index (κ1) is 19.5. The maximum absolute atomic E-state index is 13.4. The highest BCUT2D eigenvalue weighted by atomic mass is 16.5. The number of rotatable bonds is 4. The summed E-state index contributed by atoms with van der Waals surface area (Å²) in [6.45, 7) is 0.752. The number of aliphatic hydroxyl groups excluding tert-OH is 1. The van der Waals surface area contributed by atoms with Crippen LogP contribution in [0.1, 0.15) is 41.1 Å². The Labute approximate surface area is 180 Å². The molecule has 0 fully saturated rings. The molecule has 2 N–H and O–H groups in total. The zero-order chi connectivity index (χ0) is 21.4. The maximum Gasteiger partial charge on any atom is 0.164 e. The number of aliphatic hydroxyl groups is 1. The molecule has 7 nitrogen and oxygen atoms in total. The molecule has 0 saturated carbocycles. The normalized spacial score (nSPS) is 23.5. The molecule has 31 heavy (non-hydrogen) atoms. The van der Waals surface area contributed by atoms with Crippen LogP contribution in [0.4, 0.5) is 0 Å². The fourth-order valence-corrected chi connectivity index (χ4v) is 4.81. The summed E-state index contributed by atoms with van der Waals surface area (Å²) in [7, 11) is 1.62. The van der Waals surface area contributed by atoms with Crippen LogP contribution < -0.4 is 10.1 Å². The lowest BCUT2D eigenvalue weighted by Crippen LogP contribution is -2.38. The molecule has 0 bridgehead atoms. The second-order valence-corrected chi connectivity index (χ2v) is 7.96. The van der Waals surface area contributed by atoms with E-state index in [1.165, 1.54) is 11.9 Å². The van der Waals surface area contributed by atoms with Crippen LogP contribution >= 0.6 is 0 Å². The number of hydrogen-bond acceptors (Lipinski definition) is 6. The Balaban J connectivity index is 1.62. The molecule has 0 radical (unpaired) electrons. The van der Waals surface area contributed by atoms with Crippen LogP contribution in [-0.2, 0) is 11.2 Å². The number of nitrogens with zero attached hydrogens (tertiary/aromatic N) is 3. The van der Waals surface area contributed by atoms with Gasteiger partial charge in [0.25, 0.3) is 0 Å². The molecule has 7 heteroatoms. The summed E-state index contributed by atoms with van der Waals surface area (Å²) in [4.78, 5) is 17.5. The second-order valence-electron chi connectivity index (χ2n) is 7.96. The highest BCUT2D eigenvalue weighted by molar-refractivity contribution is 5.99. The summed E-state index contributed by atoms with van der Waals surface area (Å²) in [6, 6.07) is 14.9. The van der Waals surface area contributed by atoms with Crippen molar-refractivity contribution in [3.63, 3.8) is 0 Å². The number of ether oxygens (including phenoxy) is 1. The van der Waals surface area contributed by atoms with Crippen LogP contribution in [0.25, 0.3) is 0 Å². The third-order valence-corrected chi connectivity index (χ3v) is 6.31. The Kier molecular flexibility index (Phi) is 5.03. The van der Waals surface area contributed by atoms with Crippen LogP contribution in [0.15, 0.2) is 72.5 Å². The Morgan fingerprint density at radius 1 is 1.16 bits per heavy atom. The van der Waals surface area contributed by atoms with Gasteiger partial charge in [-0.25, -0.2) is 9.67 Å². The molecule has 5 rings (SSSR count). The smallest absolute Gasteiger partial charge is 0.164 e. The van der Waals surface area contributed by atoms with Gasteiger partial charge in [-0.1, -0.05) is 36.4 Å². The van der Waals surface area contributed by atoms with E-state index in [9.17, 15) is 9.90 Å². The van der Waals surface area contributed by atoms with Crippen LogP contribution in [0, 0.1) is 0 Å². The fourth-order valence-electron chi connectivity index (χ4n) is 4.81. The Morgan fingerprint density at radius 2 is 1.97 bits per heavy atom. The van der Waals surface area contributed by atoms with Gasteiger partial charge in [0.15, 0.2) is 5.78 Å². The van der Waals surface area contributed by atoms with Crippen LogP contribution in [-0.4, -0.2) is 39.3 Å². The maximum atomic E-state index is 13.4. The van der Waals surface area contributed by atoms with Crippen molar-refractivity contribution < 1.29 is 14.6 Å². The average molecular weight is 416 g/mol. The number of Topliss-reactive ketones (excluding diaryl/α,β-unsaturated/α-hetero) is 1. The molecule has 2 heterocycles. The molecule has 1 aliphatic heterocycles. The van der Waals surface area contributed by atoms with Crippen molar-refractivity contribution in [2.45, 2.75) is 30.8 Å². The van der Waals surface area contributed by atoms with E-state index in [4.69, 9.17) is 4.74 Å². The van der Waals surface area contributed by atoms with E-state index in [1.54, 1.807) is 18.1 Å². The third-order valence-electron chi connectivity index (χ3n) is 6.31. The van der Waals surface area contributed by atoms with E-state index in [1.807, 2.05) is 42.5 Å². The number of methoxy groups -OCH3 is 1. The number of allylic oxidation sites excluding steroid dienone is 1. The molecule has 2 aliphatic rings. The molecular formula is C24H24N4O3. The van der Waals surface area contributed by atoms with E-state index in [-0.39, 0.29) is 29.9 Å². The number of fused-ring (bicyclic) bond motifs is 1. The summed E-state index contributed by atoms with van der Waals surface area (Å²) < 4.78 is 6.91. The van der Waals surface area contributed by atoms with E-state index >= 15 is 0 Å². The lowest BCUT2D eigenvalue weighted by molar-refractivity contribution is -0.117. The summed E-state index contributed by atoms with van der Waals surface area (Å²) in [5.41, 5.74) is 3.62. The first-order chi connectivity index (χ1) is 15.2. The molecule has 0 amide bonds. The summed E-state index contributed by atoms with van der Waals surface area (Å²) in [5, 5.41) is 19.2. The van der Waals surface area contributed by atoms with E-state index in [2.05, 4.69) is 21.5 Å². The molecule has 0 spiro atoms. The average Bonchev–Trinajstić information content (AvgIpc) is 3.33. The number of aromatic nitrogens is 3. The monoisotopic (exact) mass is 416 g/mol. The van der Waals surface area contributed by atoms with Gasteiger partial charge in [-0.3, -0.25) is 4.79 Å². The van der Waals surface area contributed by atoms with Gasteiger partial charge in [-0.15, -0.1) is 0 Å². The SMILES string of the molecule is COc1ccc([C@H]2CC(=O)C([C@H]3NCCc4ccccc43)=C(O)[C@@H]2n2cncn2)cc1. The Hall–Kier alpha value is -3.45. The van der Waals surface area contributed by atoms with Crippen molar-refractivity contribution in [1.29, 1.82) is 0 Å². The van der Waals surface area contributed by atoms with E-state index < -0.39 is 6.04 Å².